The second-order valence-electron chi connectivity index (χ2n) is 7.50. The molecule has 2 aliphatic heterocycles. The Morgan fingerprint density at radius 1 is 1.20 bits per heavy atom. The number of piperidine rings is 1. The van der Waals surface area contributed by atoms with Crippen molar-refractivity contribution in [1.82, 2.24) is 19.6 Å². The van der Waals surface area contributed by atoms with E-state index in [1.54, 1.807) is 21.8 Å². The maximum Gasteiger partial charge on any atom is 0.251 e. The Balaban J connectivity index is 1.52. The van der Waals surface area contributed by atoms with Crippen molar-refractivity contribution < 1.29 is 18.4 Å². The van der Waals surface area contributed by atoms with Crippen LogP contribution in [-0.4, -0.2) is 57.0 Å². The van der Waals surface area contributed by atoms with E-state index in [2.05, 4.69) is 5.10 Å². The van der Waals surface area contributed by atoms with Crippen LogP contribution in [0.1, 0.15) is 37.9 Å². The molecule has 136 valence electrons. The number of hydrogen-bond acceptors (Lipinski definition) is 3. The summed E-state index contributed by atoms with van der Waals surface area (Å²) in [6.45, 7) is 2.86. The lowest BCUT2D eigenvalue weighted by Gasteiger charge is -2.38. The van der Waals surface area contributed by atoms with Crippen LogP contribution < -0.4 is 0 Å². The molecule has 2 fully saturated rings. The van der Waals surface area contributed by atoms with Crippen LogP contribution in [0.4, 0.5) is 8.78 Å². The van der Waals surface area contributed by atoms with Crippen LogP contribution in [0.15, 0.2) is 12.3 Å². The van der Waals surface area contributed by atoms with Gasteiger partial charge in [-0.15, -0.1) is 0 Å². The van der Waals surface area contributed by atoms with E-state index in [-0.39, 0.29) is 50.2 Å². The number of alkyl halides is 2. The normalized spacial score (nSPS) is 30.8. The van der Waals surface area contributed by atoms with E-state index < -0.39 is 12.0 Å². The number of halogens is 2. The van der Waals surface area contributed by atoms with E-state index in [1.165, 1.54) is 4.90 Å². The van der Waals surface area contributed by atoms with Gasteiger partial charge in [0.05, 0.1) is 18.8 Å². The van der Waals surface area contributed by atoms with Gasteiger partial charge >= 0.3 is 0 Å². The van der Waals surface area contributed by atoms with Crippen molar-refractivity contribution in [1.29, 1.82) is 0 Å². The number of carbonyl (C=O) groups excluding carboxylic acids is 2. The highest BCUT2D eigenvalue weighted by Crippen LogP contribution is 2.40. The Bertz CT molecular complexity index is 695. The van der Waals surface area contributed by atoms with Gasteiger partial charge in [-0.3, -0.25) is 14.3 Å². The number of rotatable bonds is 2. The predicted octanol–water partition coefficient (Wildman–Crippen LogP) is 1.68. The van der Waals surface area contributed by atoms with Gasteiger partial charge in [0.1, 0.15) is 6.04 Å². The zero-order valence-corrected chi connectivity index (χ0v) is 14.2. The van der Waals surface area contributed by atoms with Gasteiger partial charge in [-0.1, -0.05) is 6.92 Å². The molecule has 3 aliphatic rings. The molecular formula is C17H22F2N4O2. The molecule has 6 nitrogen and oxygen atoms in total. The van der Waals surface area contributed by atoms with Gasteiger partial charge in [0.2, 0.25) is 11.8 Å². The number of likely N-dealkylation sites (tertiary alicyclic amines) is 1. The third-order valence-corrected chi connectivity index (χ3v) is 5.62. The molecule has 0 aromatic carbocycles. The molecule has 1 saturated carbocycles. The molecule has 0 unspecified atom stereocenters. The summed E-state index contributed by atoms with van der Waals surface area (Å²) < 4.78 is 28.4. The fraction of sp³-hybridized carbons (Fsp3) is 0.706. The Morgan fingerprint density at radius 3 is 2.52 bits per heavy atom. The van der Waals surface area contributed by atoms with Crippen LogP contribution in [0, 0.1) is 11.8 Å². The maximum atomic E-state index is 13.4. The van der Waals surface area contributed by atoms with Gasteiger partial charge in [-0.05, 0) is 18.4 Å². The molecule has 3 atom stereocenters. The minimum atomic E-state index is -2.69. The van der Waals surface area contributed by atoms with Crippen LogP contribution >= 0.6 is 0 Å². The number of nitrogens with zero attached hydrogens (tertiary/aromatic N) is 4. The van der Waals surface area contributed by atoms with Crippen LogP contribution in [0.3, 0.4) is 0 Å². The van der Waals surface area contributed by atoms with Gasteiger partial charge in [0.25, 0.3) is 5.92 Å². The van der Waals surface area contributed by atoms with Crippen molar-refractivity contribution in [2.75, 3.05) is 19.6 Å². The van der Waals surface area contributed by atoms with Crippen molar-refractivity contribution in [3.8, 4) is 0 Å². The van der Waals surface area contributed by atoms with Crippen molar-refractivity contribution in [3.63, 3.8) is 0 Å². The van der Waals surface area contributed by atoms with E-state index >= 15 is 0 Å². The standard InChI is InChI=1S/C17H22F2N4O2/c1-11-8-13(11)15(24)22-9-12-2-5-20-23(12)14(10-22)16(25)21-6-3-17(18,19)4-7-21/h2,5,11,13-14H,3-4,6-10H2,1H3/t11-,13+,14+/m1/s1. The molecule has 0 spiro atoms. The second-order valence-corrected chi connectivity index (χ2v) is 7.50. The number of aromatic nitrogens is 2. The molecule has 8 heteroatoms. The molecule has 1 saturated heterocycles. The Labute approximate surface area is 144 Å². The molecule has 1 aliphatic carbocycles. The van der Waals surface area contributed by atoms with Crippen LogP contribution in [-0.2, 0) is 16.1 Å². The lowest BCUT2D eigenvalue weighted by Crippen LogP contribution is -2.51. The minimum Gasteiger partial charge on any atom is -0.340 e. The first-order chi connectivity index (χ1) is 11.9. The molecule has 4 rings (SSSR count). The van der Waals surface area contributed by atoms with Gasteiger partial charge in [0, 0.05) is 38.0 Å². The monoisotopic (exact) mass is 352 g/mol. The summed E-state index contributed by atoms with van der Waals surface area (Å²) in [6.07, 6.45) is 1.90. The quantitative estimate of drug-likeness (QED) is 0.814. The molecular weight excluding hydrogens is 330 g/mol. The van der Waals surface area contributed by atoms with E-state index in [9.17, 15) is 18.4 Å². The lowest BCUT2D eigenvalue weighted by molar-refractivity contribution is -0.144. The highest BCUT2D eigenvalue weighted by Gasteiger charge is 2.45. The summed E-state index contributed by atoms with van der Waals surface area (Å²) in [5.41, 5.74) is 0.814. The summed E-state index contributed by atoms with van der Waals surface area (Å²) in [5, 5.41) is 4.23. The highest BCUT2D eigenvalue weighted by molar-refractivity contribution is 5.85. The number of fused-ring (bicyclic) bond motifs is 1. The van der Waals surface area contributed by atoms with Crippen LogP contribution in [0.25, 0.3) is 0 Å². The zero-order chi connectivity index (χ0) is 17.8. The molecule has 0 N–H and O–H groups in total. The number of carbonyl (C=O) groups is 2. The van der Waals surface area contributed by atoms with Crippen LogP contribution in [0.5, 0.6) is 0 Å². The molecule has 1 aromatic heterocycles. The van der Waals surface area contributed by atoms with Crippen molar-refractivity contribution >= 4 is 11.8 Å². The number of amides is 2. The first-order valence-corrected chi connectivity index (χ1v) is 8.83. The SMILES string of the molecule is C[C@@H]1C[C@@H]1C(=O)N1Cc2ccnn2[C@H](C(=O)N2CCC(F)(F)CC2)C1. The van der Waals surface area contributed by atoms with E-state index in [0.717, 1.165) is 12.1 Å². The van der Waals surface area contributed by atoms with E-state index in [0.29, 0.717) is 12.5 Å². The first-order valence-electron chi connectivity index (χ1n) is 8.83. The fourth-order valence-corrected chi connectivity index (χ4v) is 3.81. The average Bonchev–Trinajstić information content (AvgIpc) is 3.12. The van der Waals surface area contributed by atoms with Crippen molar-refractivity contribution in [2.24, 2.45) is 11.8 Å². The van der Waals surface area contributed by atoms with E-state index in [1.807, 2.05) is 6.92 Å². The van der Waals surface area contributed by atoms with Crippen molar-refractivity contribution in [3.05, 3.63) is 18.0 Å². The van der Waals surface area contributed by atoms with Gasteiger partial charge < -0.3 is 9.80 Å². The van der Waals surface area contributed by atoms with Gasteiger partial charge in [-0.25, -0.2) is 8.78 Å². The lowest BCUT2D eigenvalue weighted by atomic mass is 10.0. The fourth-order valence-electron chi connectivity index (χ4n) is 3.81. The Kier molecular flexibility index (Phi) is 3.81. The number of hydrogen-bond donors (Lipinski definition) is 0. The maximum absolute atomic E-state index is 13.4. The summed E-state index contributed by atoms with van der Waals surface area (Å²) in [6, 6.07) is 1.18. The molecule has 0 radical (unpaired) electrons. The van der Waals surface area contributed by atoms with Crippen LogP contribution in [0.2, 0.25) is 0 Å². The largest absolute Gasteiger partial charge is 0.340 e. The third kappa shape index (κ3) is 3.02. The topological polar surface area (TPSA) is 58.4 Å². The first kappa shape index (κ1) is 16.5. The molecule has 3 heterocycles. The summed E-state index contributed by atoms with van der Waals surface area (Å²) in [7, 11) is 0. The summed E-state index contributed by atoms with van der Waals surface area (Å²) >= 11 is 0. The highest BCUT2D eigenvalue weighted by atomic mass is 19.3. The summed E-state index contributed by atoms with van der Waals surface area (Å²) in [4.78, 5) is 28.7. The van der Waals surface area contributed by atoms with Gasteiger partial charge in [0.15, 0.2) is 0 Å². The predicted molar refractivity (Wildman–Crippen MR) is 84.7 cm³/mol. The second kappa shape index (κ2) is 5.78. The van der Waals surface area contributed by atoms with E-state index in [4.69, 9.17) is 0 Å². The molecule has 25 heavy (non-hydrogen) atoms. The Hall–Kier alpha value is -1.99. The smallest absolute Gasteiger partial charge is 0.251 e. The molecule has 1 aromatic rings. The van der Waals surface area contributed by atoms with Crippen molar-refractivity contribution in [2.45, 2.75) is 44.7 Å². The summed E-state index contributed by atoms with van der Waals surface area (Å²) in [5.74, 6) is -2.37. The minimum absolute atomic E-state index is 0.0482. The Morgan fingerprint density at radius 2 is 1.88 bits per heavy atom. The zero-order valence-electron chi connectivity index (χ0n) is 14.2. The third-order valence-electron chi connectivity index (χ3n) is 5.62. The van der Waals surface area contributed by atoms with Gasteiger partial charge in [-0.2, -0.15) is 5.10 Å². The molecule has 0 bridgehead atoms. The molecule has 2 amide bonds. The average molecular weight is 352 g/mol.